The van der Waals surface area contributed by atoms with Crippen molar-refractivity contribution in [1.29, 1.82) is 0 Å². The van der Waals surface area contributed by atoms with Gasteiger partial charge in [0.05, 0.1) is 6.61 Å². The third-order valence-corrected chi connectivity index (χ3v) is 3.30. The van der Waals surface area contributed by atoms with Crippen LogP contribution in [0.15, 0.2) is 30.3 Å². The van der Waals surface area contributed by atoms with Crippen LogP contribution in [0.3, 0.4) is 0 Å². The van der Waals surface area contributed by atoms with Crippen LogP contribution < -0.4 is 5.32 Å². The molecule has 94 valence electrons. The summed E-state index contributed by atoms with van der Waals surface area (Å²) in [7, 11) is 0. The van der Waals surface area contributed by atoms with E-state index < -0.39 is 0 Å². The summed E-state index contributed by atoms with van der Waals surface area (Å²) < 4.78 is 5.37. The van der Waals surface area contributed by atoms with E-state index in [1.165, 1.54) is 5.56 Å². The molecule has 0 saturated carbocycles. The lowest BCUT2D eigenvalue weighted by molar-refractivity contribution is 0.183. The van der Waals surface area contributed by atoms with E-state index in [9.17, 15) is 0 Å². The Hall–Kier alpha value is -0.900. The Kier molecular flexibility index (Phi) is 4.98. The highest BCUT2D eigenvalue weighted by Gasteiger charge is 2.17. The Morgan fingerprint density at radius 2 is 2.18 bits per heavy atom. The highest BCUT2D eigenvalue weighted by atomic mass is 16.5. The number of ether oxygens (including phenoxy) is 1. The van der Waals surface area contributed by atoms with Gasteiger partial charge >= 0.3 is 0 Å². The van der Waals surface area contributed by atoms with Crippen molar-refractivity contribution in [2.24, 2.45) is 5.92 Å². The van der Waals surface area contributed by atoms with Crippen molar-refractivity contribution >= 4 is 0 Å². The minimum absolute atomic E-state index is 0.216. The van der Waals surface area contributed by atoms with E-state index in [-0.39, 0.29) is 12.6 Å². The summed E-state index contributed by atoms with van der Waals surface area (Å²) in [6, 6.07) is 10.6. The lowest BCUT2D eigenvalue weighted by Crippen LogP contribution is -2.28. The van der Waals surface area contributed by atoms with Crippen molar-refractivity contribution in [3.05, 3.63) is 35.9 Å². The molecule has 1 aliphatic heterocycles. The number of aliphatic hydroxyl groups is 1. The van der Waals surface area contributed by atoms with E-state index in [1.807, 2.05) is 18.2 Å². The molecule has 2 atom stereocenters. The molecular weight excluding hydrogens is 214 g/mol. The first kappa shape index (κ1) is 12.6. The molecule has 2 N–H and O–H groups in total. The number of benzene rings is 1. The fourth-order valence-electron chi connectivity index (χ4n) is 2.25. The van der Waals surface area contributed by atoms with Crippen molar-refractivity contribution < 1.29 is 9.84 Å². The second-order valence-electron chi connectivity index (χ2n) is 4.61. The van der Waals surface area contributed by atoms with E-state index >= 15 is 0 Å². The Balaban J connectivity index is 1.88. The van der Waals surface area contributed by atoms with Crippen LogP contribution in [-0.2, 0) is 4.74 Å². The molecule has 0 aliphatic carbocycles. The SMILES string of the molecule is OCC[C@H](NC[C@H]1CCOC1)c1ccccc1. The molecule has 1 saturated heterocycles. The fourth-order valence-corrected chi connectivity index (χ4v) is 2.25. The zero-order valence-electron chi connectivity index (χ0n) is 10.1. The summed E-state index contributed by atoms with van der Waals surface area (Å²) in [6.45, 7) is 2.95. The molecule has 1 aliphatic rings. The predicted octanol–water partition coefficient (Wildman–Crippen LogP) is 1.74. The van der Waals surface area contributed by atoms with Crippen molar-refractivity contribution in [2.45, 2.75) is 18.9 Å². The summed E-state index contributed by atoms with van der Waals surface area (Å²) >= 11 is 0. The van der Waals surface area contributed by atoms with Crippen LogP contribution in [0.1, 0.15) is 24.4 Å². The largest absolute Gasteiger partial charge is 0.396 e. The lowest BCUT2D eigenvalue weighted by atomic mass is 10.0. The maximum absolute atomic E-state index is 9.13. The maximum Gasteiger partial charge on any atom is 0.0507 e. The zero-order chi connectivity index (χ0) is 11.9. The van der Waals surface area contributed by atoms with Gasteiger partial charge in [0.1, 0.15) is 0 Å². The van der Waals surface area contributed by atoms with Crippen molar-refractivity contribution in [2.75, 3.05) is 26.4 Å². The highest BCUT2D eigenvalue weighted by molar-refractivity contribution is 5.18. The normalized spacial score (nSPS) is 21.6. The molecule has 0 radical (unpaired) electrons. The van der Waals surface area contributed by atoms with Gasteiger partial charge in [-0.2, -0.15) is 0 Å². The summed E-state index contributed by atoms with van der Waals surface area (Å²) in [6.07, 6.45) is 1.91. The molecule has 3 heteroatoms. The van der Waals surface area contributed by atoms with Crippen molar-refractivity contribution in [1.82, 2.24) is 5.32 Å². The van der Waals surface area contributed by atoms with E-state index in [0.717, 1.165) is 32.6 Å². The van der Waals surface area contributed by atoms with Crippen LogP contribution in [-0.4, -0.2) is 31.5 Å². The minimum Gasteiger partial charge on any atom is -0.396 e. The molecule has 17 heavy (non-hydrogen) atoms. The average molecular weight is 235 g/mol. The molecule has 1 aromatic carbocycles. The molecule has 1 fully saturated rings. The summed E-state index contributed by atoms with van der Waals surface area (Å²) in [5, 5.41) is 12.7. The number of aliphatic hydroxyl groups excluding tert-OH is 1. The molecule has 0 amide bonds. The van der Waals surface area contributed by atoms with E-state index in [2.05, 4.69) is 17.4 Å². The predicted molar refractivity (Wildman–Crippen MR) is 67.8 cm³/mol. The second-order valence-corrected chi connectivity index (χ2v) is 4.61. The number of nitrogens with one attached hydrogen (secondary N) is 1. The molecule has 0 unspecified atom stereocenters. The second kappa shape index (κ2) is 6.74. The van der Waals surface area contributed by atoms with Crippen molar-refractivity contribution in [3.8, 4) is 0 Å². The van der Waals surface area contributed by atoms with E-state index in [0.29, 0.717) is 5.92 Å². The third-order valence-electron chi connectivity index (χ3n) is 3.30. The van der Waals surface area contributed by atoms with Gasteiger partial charge in [-0.3, -0.25) is 0 Å². The van der Waals surface area contributed by atoms with Crippen LogP contribution >= 0.6 is 0 Å². The Bertz CT molecular complexity index is 309. The first-order valence-corrected chi connectivity index (χ1v) is 6.37. The van der Waals surface area contributed by atoms with Gasteiger partial charge in [-0.25, -0.2) is 0 Å². The van der Waals surface area contributed by atoms with Crippen LogP contribution in [0.25, 0.3) is 0 Å². The first-order chi connectivity index (χ1) is 8.40. The third kappa shape index (κ3) is 3.80. The highest BCUT2D eigenvalue weighted by Crippen LogP contribution is 2.18. The van der Waals surface area contributed by atoms with Gasteiger partial charge in [-0.1, -0.05) is 30.3 Å². The molecule has 1 heterocycles. The number of rotatable bonds is 6. The zero-order valence-corrected chi connectivity index (χ0v) is 10.1. The molecule has 0 aromatic heterocycles. The lowest BCUT2D eigenvalue weighted by Gasteiger charge is -2.20. The molecule has 0 bridgehead atoms. The van der Waals surface area contributed by atoms with Crippen LogP contribution in [0, 0.1) is 5.92 Å². The Labute approximate surface area is 103 Å². The molecule has 0 spiro atoms. The van der Waals surface area contributed by atoms with Gasteiger partial charge in [0.2, 0.25) is 0 Å². The molecule has 2 rings (SSSR count). The van der Waals surface area contributed by atoms with Gasteiger partial charge in [0.15, 0.2) is 0 Å². The van der Waals surface area contributed by atoms with Crippen LogP contribution in [0.2, 0.25) is 0 Å². The van der Waals surface area contributed by atoms with Crippen molar-refractivity contribution in [3.63, 3.8) is 0 Å². The average Bonchev–Trinajstić information content (AvgIpc) is 2.88. The van der Waals surface area contributed by atoms with E-state index in [4.69, 9.17) is 9.84 Å². The van der Waals surface area contributed by atoms with Crippen LogP contribution in [0.4, 0.5) is 0 Å². The quantitative estimate of drug-likeness (QED) is 0.789. The van der Waals surface area contributed by atoms with Gasteiger partial charge < -0.3 is 15.2 Å². The minimum atomic E-state index is 0.216. The van der Waals surface area contributed by atoms with E-state index in [1.54, 1.807) is 0 Å². The smallest absolute Gasteiger partial charge is 0.0507 e. The van der Waals surface area contributed by atoms with Gasteiger partial charge in [-0.05, 0) is 24.3 Å². The summed E-state index contributed by atoms with van der Waals surface area (Å²) in [4.78, 5) is 0. The maximum atomic E-state index is 9.13. The van der Waals surface area contributed by atoms with Crippen LogP contribution in [0.5, 0.6) is 0 Å². The fraction of sp³-hybridized carbons (Fsp3) is 0.571. The number of hydrogen-bond acceptors (Lipinski definition) is 3. The summed E-state index contributed by atoms with van der Waals surface area (Å²) in [5.74, 6) is 0.625. The number of hydrogen-bond donors (Lipinski definition) is 2. The van der Waals surface area contributed by atoms with Gasteiger partial charge in [-0.15, -0.1) is 0 Å². The molecule has 3 nitrogen and oxygen atoms in total. The van der Waals surface area contributed by atoms with Gasteiger partial charge in [0, 0.05) is 25.8 Å². The topological polar surface area (TPSA) is 41.5 Å². The summed E-state index contributed by atoms with van der Waals surface area (Å²) in [5.41, 5.74) is 1.25. The Morgan fingerprint density at radius 3 is 2.82 bits per heavy atom. The van der Waals surface area contributed by atoms with Gasteiger partial charge in [0.25, 0.3) is 0 Å². The Morgan fingerprint density at radius 1 is 1.35 bits per heavy atom. The molecule has 1 aromatic rings. The monoisotopic (exact) mass is 235 g/mol. The molecular formula is C14H21NO2. The standard InChI is InChI=1S/C14H21NO2/c16-8-6-14(13-4-2-1-3-5-13)15-10-12-7-9-17-11-12/h1-5,12,14-16H,6-11H2/t12-,14+/m1/s1. The first-order valence-electron chi connectivity index (χ1n) is 6.37.